The molecule has 1 saturated carbocycles. The maximum absolute atomic E-state index is 14.5. The maximum Gasteiger partial charge on any atom is 0.332 e. The van der Waals surface area contributed by atoms with E-state index in [1.165, 1.54) is 6.07 Å². The predicted octanol–water partition coefficient (Wildman–Crippen LogP) is 2.62. The molecule has 2 aliphatic heterocycles. The molecule has 2 heterocycles. The van der Waals surface area contributed by atoms with Crippen LogP contribution in [0.2, 0.25) is 0 Å². The van der Waals surface area contributed by atoms with Crippen molar-refractivity contribution in [3.63, 3.8) is 0 Å². The number of ether oxygens (including phenoxy) is 1. The van der Waals surface area contributed by atoms with Crippen molar-refractivity contribution >= 4 is 17.6 Å². The summed E-state index contributed by atoms with van der Waals surface area (Å²) in [6.45, 7) is 0.472. The van der Waals surface area contributed by atoms with Gasteiger partial charge in [0.2, 0.25) is 0 Å². The van der Waals surface area contributed by atoms with Gasteiger partial charge in [0.1, 0.15) is 11.9 Å². The van der Waals surface area contributed by atoms with Gasteiger partial charge in [0.15, 0.2) is 6.10 Å². The van der Waals surface area contributed by atoms with Crippen molar-refractivity contribution in [3.8, 4) is 0 Å². The number of halogens is 1. The molecule has 128 valence electrons. The number of carboxylic acid groups (broad SMARTS) is 1. The van der Waals surface area contributed by atoms with Crippen LogP contribution in [0.1, 0.15) is 44.1 Å². The first-order chi connectivity index (χ1) is 11.5. The van der Waals surface area contributed by atoms with Gasteiger partial charge >= 0.3 is 5.97 Å². The zero-order valence-electron chi connectivity index (χ0n) is 13.3. The zero-order valence-corrected chi connectivity index (χ0v) is 13.3. The molecule has 24 heavy (non-hydrogen) atoms. The first-order valence-corrected chi connectivity index (χ1v) is 8.50. The number of aliphatic carboxylic acids is 1. The third kappa shape index (κ3) is 2.24. The van der Waals surface area contributed by atoms with Crippen molar-refractivity contribution in [1.82, 2.24) is 0 Å². The van der Waals surface area contributed by atoms with Gasteiger partial charge in [-0.3, -0.25) is 4.79 Å². The summed E-state index contributed by atoms with van der Waals surface area (Å²) in [7, 11) is 0. The number of carboxylic acids is 1. The van der Waals surface area contributed by atoms with Gasteiger partial charge in [0.05, 0.1) is 5.69 Å². The minimum Gasteiger partial charge on any atom is -0.479 e. The van der Waals surface area contributed by atoms with Crippen molar-refractivity contribution in [1.29, 1.82) is 0 Å². The molecule has 1 N–H and O–H groups in total. The summed E-state index contributed by atoms with van der Waals surface area (Å²) in [5.74, 6) is -1.53. The minimum atomic E-state index is -1.04. The summed E-state index contributed by atoms with van der Waals surface area (Å²) in [5, 5.41) is 9.04. The van der Waals surface area contributed by atoms with Crippen LogP contribution in [-0.4, -0.2) is 35.7 Å². The lowest BCUT2D eigenvalue weighted by Gasteiger charge is -2.26. The molecule has 0 unspecified atom stereocenters. The number of amides is 1. The largest absolute Gasteiger partial charge is 0.479 e. The Bertz CT molecular complexity index is 698. The number of rotatable bonds is 2. The molecule has 4 rings (SSSR count). The van der Waals surface area contributed by atoms with Gasteiger partial charge in [0, 0.05) is 17.5 Å². The Morgan fingerprint density at radius 2 is 1.92 bits per heavy atom. The van der Waals surface area contributed by atoms with E-state index in [9.17, 15) is 14.0 Å². The molecule has 1 aliphatic carbocycles. The van der Waals surface area contributed by atoms with Crippen LogP contribution in [0, 0.1) is 5.82 Å². The second-order valence-corrected chi connectivity index (χ2v) is 7.07. The summed E-state index contributed by atoms with van der Waals surface area (Å²) in [6.07, 6.45) is 2.90. The van der Waals surface area contributed by atoms with Crippen LogP contribution < -0.4 is 4.90 Å². The predicted molar refractivity (Wildman–Crippen MR) is 84.4 cm³/mol. The fourth-order valence-electron chi connectivity index (χ4n) is 4.56. The van der Waals surface area contributed by atoms with Gasteiger partial charge in [-0.25, -0.2) is 9.18 Å². The molecule has 0 aromatic heterocycles. The van der Waals surface area contributed by atoms with Crippen molar-refractivity contribution in [2.45, 2.75) is 56.1 Å². The van der Waals surface area contributed by atoms with Crippen LogP contribution >= 0.6 is 0 Å². The summed E-state index contributed by atoms with van der Waals surface area (Å²) < 4.78 is 19.9. The van der Waals surface area contributed by atoms with Crippen LogP contribution in [0.4, 0.5) is 10.1 Å². The summed E-state index contributed by atoms with van der Waals surface area (Å²) in [6, 6.07) is 4.87. The normalized spacial score (nSPS) is 27.6. The zero-order chi connectivity index (χ0) is 16.9. The van der Waals surface area contributed by atoms with Gasteiger partial charge in [-0.1, -0.05) is 18.9 Å². The Hall–Kier alpha value is -1.95. The molecule has 2 fully saturated rings. The second-order valence-electron chi connectivity index (χ2n) is 7.07. The first kappa shape index (κ1) is 15.6. The Balaban J connectivity index is 1.65. The van der Waals surface area contributed by atoms with E-state index in [1.807, 2.05) is 0 Å². The SMILES string of the molecule is O=C(O)[C@H]1CC[C@@H](C(=O)N2CC3(CCCC3)c3c(F)cccc32)O1. The molecule has 1 aromatic rings. The minimum absolute atomic E-state index is 0.241. The Kier molecular flexibility index (Phi) is 3.60. The standard InChI is InChI=1S/C18H20FNO4/c19-11-4-3-5-12-15(11)18(8-1-2-9-18)10-20(12)16(21)13-6-7-14(24-13)17(22)23/h3-5,13-14H,1-2,6-10H2,(H,22,23)/t13-,14+/m0/s1. The van der Waals surface area contributed by atoms with E-state index in [0.717, 1.165) is 25.7 Å². The molecule has 1 aromatic carbocycles. The third-order valence-electron chi connectivity index (χ3n) is 5.67. The molecule has 0 radical (unpaired) electrons. The molecule has 1 saturated heterocycles. The Labute approximate surface area is 139 Å². The van der Waals surface area contributed by atoms with E-state index in [2.05, 4.69) is 0 Å². The van der Waals surface area contributed by atoms with E-state index in [-0.39, 0.29) is 17.1 Å². The molecule has 1 amide bonds. The van der Waals surface area contributed by atoms with Crippen LogP contribution in [0.25, 0.3) is 0 Å². The molecule has 2 atom stereocenters. The number of carbonyl (C=O) groups is 2. The lowest BCUT2D eigenvalue weighted by atomic mass is 9.80. The molecular weight excluding hydrogens is 313 g/mol. The van der Waals surface area contributed by atoms with Crippen LogP contribution in [-0.2, 0) is 19.7 Å². The van der Waals surface area contributed by atoms with Gasteiger partial charge in [-0.2, -0.15) is 0 Å². The van der Waals surface area contributed by atoms with Crippen LogP contribution in [0.15, 0.2) is 18.2 Å². The van der Waals surface area contributed by atoms with E-state index in [4.69, 9.17) is 9.84 Å². The molecule has 3 aliphatic rings. The monoisotopic (exact) mass is 333 g/mol. The third-order valence-corrected chi connectivity index (χ3v) is 5.67. The number of hydrogen-bond acceptors (Lipinski definition) is 3. The average Bonchev–Trinajstić information content (AvgIpc) is 3.28. The van der Waals surface area contributed by atoms with E-state index >= 15 is 0 Å². The number of fused-ring (bicyclic) bond motifs is 2. The lowest BCUT2D eigenvalue weighted by molar-refractivity contribution is -0.151. The molecule has 1 spiro atoms. The van der Waals surface area contributed by atoms with Crippen LogP contribution in [0.3, 0.4) is 0 Å². The van der Waals surface area contributed by atoms with E-state index in [0.29, 0.717) is 30.6 Å². The second kappa shape index (κ2) is 5.55. The van der Waals surface area contributed by atoms with Crippen molar-refractivity contribution in [2.75, 3.05) is 11.4 Å². The van der Waals surface area contributed by atoms with E-state index in [1.54, 1.807) is 17.0 Å². The number of carbonyl (C=O) groups excluding carboxylic acids is 1. The van der Waals surface area contributed by atoms with Gasteiger partial charge in [0.25, 0.3) is 5.91 Å². The van der Waals surface area contributed by atoms with Crippen molar-refractivity contribution in [3.05, 3.63) is 29.6 Å². The van der Waals surface area contributed by atoms with Crippen molar-refractivity contribution < 1.29 is 23.8 Å². The smallest absolute Gasteiger partial charge is 0.332 e. The number of hydrogen-bond donors (Lipinski definition) is 1. The lowest BCUT2D eigenvalue weighted by Crippen LogP contribution is -2.42. The molecule has 0 bridgehead atoms. The first-order valence-electron chi connectivity index (χ1n) is 8.50. The van der Waals surface area contributed by atoms with Gasteiger partial charge in [-0.15, -0.1) is 0 Å². The Morgan fingerprint density at radius 3 is 2.58 bits per heavy atom. The number of benzene rings is 1. The Morgan fingerprint density at radius 1 is 1.21 bits per heavy atom. The molecule has 5 nitrogen and oxygen atoms in total. The van der Waals surface area contributed by atoms with Crippen LogP contribution in [0.5, 0.6) is 0 Å². The quantitative estimate of drug-likeness (QED) is 0.903. The topological polar surface area (TPSA) is 66.8 Å². The summed E-state index contributed by atoms with van der Waals surface area (Å²) in [5.41, 5.74) is 0.995. The highest BCUT2D eigenvalue weighted by Crippen LogP contribution is 2.51. The van der Waals surface area contributed by atoms with Gasteiger partial charge in [-0.05, 0) is 37.8 Å². The summed E-state index contributed by atoms with van der Waals surface area (Å²) in [4.78, 5) is 25.6. The fourth-order valence-corrected chi connectivity index (χ4v) is 4.56. The molecule has 6 heteroatoms. The van der Waals surface area contributed by atoms with E-state index < -0.39 is 18.2 Å². The number of anilines is 1. The highest BCUT2D eigenvalue weighted by Gasteiger charge is 2.49. The fraction of sp³-hybridized carbons (Fsp3) is 0.556. The maximum atomic E-state index is 14.5. The highest BCUT2D eigenvalue weighted by molar-refractivity contribution is 5.99. The average molecular weight is 333 g/mol. The highest BCUT2D eigenvalue weighted by atomic mass is 19.1. The summed E-state index contributed by atoms with van der Waals surface area (Å²) >= 11 is 0. The van der Waals surface area contributed by atoms with Crippen molar-refractivity contribution in [2.24, 2.45) is 0 Å². The van der Waals surface area contributed by atoms with Gasteiger partial charge < -0.3 is 14.7 Å². The number of nitrogens with zero attached hydrogens (tertiary/aromatic N) is 1. The molecular formula is C18H20FNO4.